The predicted octanol–water partition coefficient (Wildman–Crippen LogP) is 3.54. The fraction of sp³-hybridized carbons (Fsp3) is 0.250. The average Bonchev–Trinajstić information content (AvgIpc) is 2.82. The quantitative estimate of drug-likeness (QED) is 0.623. The van der Waals surface area contributed by atoms with E-state index in [1.165, 1.54) is 28.0 Å². The summed E-state index contributed by atoms with van der Waals surface area (Å²) in [6.07, 6.45) is 2.02. The van der Waals surface area contributed by atoms with Gasteiger partial charge in [0, 0.05) is 10.5 Å². The van der Waals surface area contributed by atoms with Gasteiger partial charge in [0.05, 0.1) is 5.75 Å². The van der Waals surface area contributed by atoms with Crippen LogP contribution >= 0.6 is 34.9 Å². The van der Waals surface area contributed by atoms with Crippen molar-refractivity contribution in [2.24, 2.45) is 0 Å². The van der Waals surface area contributed by atoms with E-state index < -0.39 is 0 Å². The van der Waals surface area contributed by atoms with Gasteiger partial charge in [-0.3, -0.25) is 4.79 Å². The van der Waals surface area contributed by atoms with Gasteiger partial charge in [0.1, 0.15) is 5.01 Å². The normalized spacial score (nSPS) is 10.6. The fourth-order valence-electron chi connectivity index (χ4n) is 1.32. The maximum Gasteiger partial charge on any atom is 0.174 e. The molecule has 2 aromatic rings. The summed E-state index contributed by atoms with van der Waals surface area (Å²) in [6, 6.07) is 7.69. The Kier molecular flexibility index (Phi) is 4.79. The topological polar surface area (TPSA) is 42.9 Å². The largest absolute Gasteiger partial charge is 0.293 e. The molecule has 0 aliphatic heterocycles. The SMILES string of the molecule is CSc1ccc(C(=O)CSc2nnc(C)s2)cc1. The van der Waals surface area contributed by atoms with Gasteiger partial charge in [-0.05, 0) is 25.3 Å². The molecular formula is C12H12N2OS3. The Morgan fingerprint density at radius 1 is 1.28 bits per heavy atom. The summed E-state index contributed by atoms with van der Waals surface area (Å²) >= 11 is 4.63. The molecule has 0 aliphatic carbocycles. The van der Waals surface area contributed by atoms with E-state index >= 15 is 0 Å². The molecule has 0 fully saturated rings. The standard InChI is InChI=1S/C12H12N2OS3/c1-8-13-14-12(18-8)17-7-11(15)9-3-5-10(16-2)6-4-9/h3-6H,7H2,1-2H3. The molecule has 0 amide bonds. The number of aryl methyl sites for hydroxylation is 1. The number of hydrogen-bond acceptors (Lipinski definition) is 6. The van der Waals surface area contributed by atoms with E-state index in [4.69, 9.17) is 0 Å². The first-order valence-electron chi connectivity index (χ1n) is 5.29. The molecule has 0 bridgehead atoms. The summed E-state index contributed by atoms with van der Waals surface area (Å²) in [5.74, 6) is 0.535. The number of Topliss-reactive ketones (excluding diaryl/α,β-unsaturated/α-hetero) is 1. The van der Waals surface area contributed by atoms with Gasteiger partial charge in [-0.25, -0.2) is 0 Å². The summed E-state index contributed by atoms with van der Waals surface area (Å²) in [6.45, 7) is 1.91. The molecule has 0 saturated carbocycles. The molecule has 3 nitrogen and oxygen atoms in total. The van der Waals surface area contributed by atoms with Crippen LogP contribution < -0.4 is 0 Å². The minimum Gasteiger partial charge on any atom is -0.293 e. The average molecular weight is 296 g/mol. The Balaban J connectivity index is 1.94. The van der Waals surface area contributed by atoms with Crippen LogP contribution in [-0.2, 0) is 0 Å². The number of hydrogen-bond donors (Lipinski definition) is 0. The lowest BCUT2D eigenvalue weighted by Gasteiger charge is -2.00. The Bertz CT molecular complexity index is 537. The second-order valence-electron chi connectivity index (χ2n) is 3.53. The smallest absolute Gasteiger partial charge is 0.174 e. The van der Waals surface area contributed by atoms with Crippen LogP contribution in [0.3, 0.4) is 0 Å². The molecule has 0 spiro atoms. The maximum atomic E-state index is 12.0. The molecular weight excluding hydrogens is 284 g/mol. The first-order valence-corrected chi connectivity index (χ1v) is 8.32. The van der Waals surface area contributed by atoms with E-state index in [1.807, 2.05) is 37.4 Å². The summed E-state index contributed by atoms with van der Waals surface area (Å²) in [7, 11) is 0. The van der Waals surface area contributed by atoms with Crippen molar-refractivity contribution in [2.75, 3.05) is 12.0 Å². The summed E-state index contributed by atoms with van der Waals surface area (Å²) < 4.78 is 0.849. The van der Waals surface area contributed by atoms with Crippen LogP contribution in [0.4, 0.5) is 0 Å². The van der Waals surface area contributed by atoms with E-state index in [0.717, 1.165) is 14.9 Å². The van der Waals surface area contributed by atoms with Gasteiger partial charge in [0.25, 0.3) is 0 Å². The second-order valence-corrected chi connectivity index (χ2v) is 6.81. The van der Waals surface area contributed by atoms with Crippen molar-refractivity contribution >= 4 is 40.6 Å². The van der Waals surface area contributed by atoms with Gasteiger partial charge in [0.2, 0.25) is 0 Å². The molecule has 2 rings (SSSR count). The van der Waals surface area contributed by atoms with Crippen molar-refractivity contribution in [3.63, 3.8) is 0 Å². The number of rotatable bonds is 5. The van der Waals surface area contributed by atoms with Crippen LogP contribution in [0.15, 0.2) is 33.5 Å². The van der Waals surface area contributed by atoms with Crippen molar-refractivity contribution in [3.05, 3.63) is 34.8 Å². The number of nitrogens with zero attached hydrogens (tertiary/aromatic N) is 2. The van der Waals surface area contributed by atoms with Crippen LogP contribution in [0.1, 0.15) is 15.4 Å². The molecule has 1 aromatic carbocycles. The van der Waals surface area contributed by atoms with Crippen molar-refractivity contribution in [2.45, 2.75) is 16.2 Å². The van der Waals surface area contributed by atoms with Gasteiger partial charge in [-0.1, -0.05) is 35.2 Å². The van der Waals surface area contributed by atoms with Gasteiger partial charge < -0.3 is 0 Å². The molecule has 0 radical (unpaired) electrons. The Morgan fingerprint density at radius 3 is 2.56 bits per heavy atom. The van der Waals surface area contributed by atoms with Crippen LogP contribution in [0.5, 0.6) is 0 Å². The summed E-state index contributed by atoms with van der Waals surface area (Å²) in [5.41, 5.74) is 0.751. The number of carbonyl (C=O) groups excluding carboxylic acids is 1. The van der Waals surface area contributed by atoms with Crippen LogP contribution in [0.25, 0.3) is 0 Å². The van der Waals surface area contributed by atoms with Crippen molar-refractivity contribution in [1.29, 1.82) is 0 Å². The van der Waals surface area contributed by atoms with Crippen molar-refractivity contribution in [1.82, 2.24) is 10.2 Å². The lowest BCUT2D eigenvalue weighted by atomic mass is 10.1. The number of carbonyl (C=O) groups is 1. The highest BCUT2D eigenvalue weighted by Gasteiger charge is 2.08. The van der Waals surface area contributed by atoms with Gasteiger partial charge in [0.15, 0.2) is 10.1 Å². The van der Waals surface area contributed by atoms with E-state index in [0.29, 0.717) is 5.75 Å². The molecule has 1 heterocycles. The third kappa shape index (κ3) is 3.57. The molecule has 0 unspecified atom stereocenters. The third-order valence-electron chi connectivity index (χ3n) is 2.25. The van der Waals surface area contributed by atoms with Gasteiger partial charge in [-0.2, -0.15) is 0 Å². The first kappa shape index (κ1) is 13.6. The monoisotopic (exact) mass is 296 g/mol. The Labute approximate surface area is 118 Å². The summed E-state index contributed by atoms with van der Waals surface area (Å²) in [5, 5.41) is 8.83. The van der Waals surface area contributed by atoms with Crippen LogP contribution in [0, 0.1) is 6.92 Å². The first-order chi connectivity index (χ1) is 8.69. The number of aromatic nitrogens is 2. The third-order valence-corrected chi connectivity index (χ3v) is 4.96. The Hall–Kier alpha value is -0.850. The van der Waals surface area contributed by atoms with Crippen molar-refractivity contribution < 1.29 is 4.79 Å². The molecule has 0 N–H and O–H groups in total. The Morgan fingerprint density at radius 2 is 2.00 bits per heavy atom. The number of ketones is 1. The molecule has 0 saturated heterocycles. The lowest BCUT2D eigenvalue weighted by molar-refractivity contribution is 0.102. The minimum absolute atomic E-state index is 0.125. The highest BCUT2D eigenvalue weighted by Crippen LogP contribution is 2.23. The van der Waals surface area contributed by atoms with Gasteiger partial charge in [-0.15, -0.1) is 22.0 Å². The second kappa shape index (κ2) is 6.36. The summed E-state index contributed by atoms with van der Waals surface area (Å²) in [4.78, 5) is 13.1. The number of benzene rings is 1. The van der Waals surface area contributed by atoms with E-state index in [9.17, 15) is 4.79 Å². The molecule has 0 atom stereocenters. The lowest BCUT2D eigenvalue weighted by Crippen LogP contribution is -2.01. The molecule has 6 heteroatoms. The zero-order valence-electron chi connectivity index (χ0n) is 10.0. The highest BCUT2D eigenvalue weighted by molar-refractivity contribution is 8.01. The zero-order chi connectivity index (χ0) is 13.0. The van der Waals surface area contributed by atoms with E-state index in [2.05, 4.69) is 10.2 Å². The minimum atomic E-state index is 0.125. The van der Waals surface area contributed by atoms with E-state index in [1.54, 1.807) is 11.8 Å². The highest BCUT2D eigenvalue weighted by atomic mass is 32.2. The van der Waals surface area contributed by atoms with Crippen LogP contribution in [-0.4, -0.2) is 28.0 Å². The van der Waals surface area contributed by atoms with Gasteiger partial charge >= 0.3 is 0 Å². The molecule has 1 aromatic heterocycles. The molecule has 0 aliphatic rings. The van der Waals surface area contributed by atoms with E-state index in [-0.39, 0.29) is 5.78 Å². The van der Waals surface area contributed by atoms with Crippen LogP contribution in [0.2, 0.25) is 0 Å². The fourth-order valence-corrected chi connectivity index (χ4v) is 3.44. The van der Waals surface area contributed by atoms with Crippen molar-refractivity contribution in [3.8, 4) is 0 Å². The molecule has 94 valence electrons. The molecule has 18 heavy (non-hydrogen) atoms. The zero-order valence-corrected chi connectivity index (χ0v) is 12.5. The predicted molar refractivity (Wildman–Crippen MR) is 77.9 cm³/mol. The number of thioether (sulfide) groups is 2. The maximum absolute atomic E-state index is 12.0.